The lowest BCUT2D eigenvalue weighted by Crippen LogP contribution is -2.17. The molecule has 0 saturated carbocycles. The third-order valence-electron chi connectivity index (χ3n) is 3.54. The van der Waals surface area contributed by atoms with Crippen LogP contribution in [0.5, 0.6) is 5.75 Å². The third-order valence-corrected chi connectivity index (χ3v) is 3.54. The number of ether oxygens (including phenoxy) is 1. The lowest BCUT2D eigenvalue weighted by atomic mass is 10.1. The monoisotopic (exact) mass is 280 g/mol. The van der Waals surface area contributed by atoms with Crippen LogP contribution in [0.1, 0.15) is 22.3 Å². The van der Waals surface area contributed by atoms with E-state index in [-0.39, 0.29) is 0 Å². The molecule has 2 aromatic rings. The molecule has 0 spiro atoms. The molecule has 0 aliphatic heterocycles. The Morgan fingerprint density at radius 1 is 1.14 bits per heavy atom. The van der Waals surface area contributed by atoms with E-state index in [1.165, 1.54) is 11.1 Å². The van der Waals surface area contributed by atoms with Crippen molar-refractivity contribution in [3.8, 4) is 11.8 Å². The molecular formula is C18H20N2O. The van der Waals surface area contributed by atoms with Crippen molar-refractivity contribution in [2.24, 2.45) is 0 Å². The van der Waals surface area contributed by atoms with Crippen molar-refractivity contribution in [3.63, 3.8) is 0 Å². The largest absolute Gasteiger partial charge is 0.495 e. The van der Waals surface area contributed by atoms with Gasteiger partial charge in [0, 0.05) is 13.1 Å². The second-order valence-corrected chi connectivity index (χ2v) is 5.25. The summed E-state index contributed by atoms with van der Waals surface area (Å²) in [5.41, 5.74) is 4.33. The molecule has 0 N–H and O–H groups in total. The first-order valence-corrected chi connectivity index (χ1v) is 6.94. The smallest absolute Gasteiger partial charge is 0.136 e. The molecule has 0 heterocycles. The van der Waals surface area contributed by atoms with Crippen molar-refractivity contribution < 1.29 is 4.74 Å². The molecule has 21 heavy (non-hydrogen) atoms. The highest BCUT2D eigenvalue weighted by Crippen LogP contribution is 2.20. The van der Waals surface area contributed by atoms with Crippen LogP contribution >= 0.6 is 0 Å². The van der Waals surface area contributed by atoms with Gasteiger partial charge in [0.05, 0.1) is 12.7 Å². The van der Waals surface area contributed by atoms with Gasteiger partial charge >= 0.3 is 0 Å². The van der Waals surface area contributed by atoms with Crippen molar-refractivity contribution in [2.75, 3.05) is 14.2 Å². The number of rotatable bonds is 5. The minimum atomic E-state index is 0.583. The molecule has 0 amide bonds. The first-order valence-electron chi connectivity index (χ1n) is 6.94. The zero-order chi connectivity index (χ0) is 15.2. The van der Waals surface area contributed by atoms with Crippen molar-refractivity contribution in [1.82, 2.24) is 4.90 Å². The fourth-order valence-corrected chi connectivity index (χ4v) is 2.39. The van der Waals surface area contributed by atoms with Gasteiger partial charge in [0.2, 0.25) is 0 Å². The Bertz CT molecular complexity index is 659. The number of hydrogen-bond acceptors (Lipinski definition) is 3. The molecule has 0 aromatic heterocycles. The Balaban J connectivity index is 2.08. The summed E-state index contributed by atoms with van der Waals surface area (Å²) in [7, 11) is 3.67. The number of nitrogens with zero attached hydrogens (tertiary/aromatic N) is 2. The highest BCUT2D eigenvalue weighted by Gasteiger charge is 2.07. The van der Waals surface area contributed by atoms with Crippen LogP contribution in [0, 0.1) is 18.3 Å². The molecule has 0 unspecified atom stereocenters. The summed E-state index contributed by atoms with van der Waals surface area (Å²) in [5, 5.41) is 9.14. The Morgan fingerprint density at radius 2 is 1.90 bits per heavy atom. The van der Waals surface area contributed by atoms with E-state index >= 15 is 0 Å². The highest BCUT2D eigenvalue weighted by molar-refractivity contribution is 5.45. The van der Waals surface area contributed by atoms with E-state index in [1.54, 1.807) is 7.11 Å². The van der Waals surface area contributed by atoms with E-state index in [1.807, 2.05) is 18.2 Å². The Morgan fingerprint density at radius 3 is 2.57 bits per heavy atom. The van der Waals surface area contributed by atoms with Gasteiger partial charge in [-0.05, 0) is 42.8 Å². The van der Waals surface area contributed by atoms with Crippen molar-refractivity contribution in [3.05, 3.63) is 64.7 Å². The summed E-state index contributed by atoms with van der Waals surface area (Å²) in [4.78, 5) is 2.24. The van der Waals surface area contributed by atoms with E-state index in [9.17, 15) is 0 Å². The quantitative estimate of drug-likeness (QED) is 0.841. The zero-order valence-corrected chi connectivity index (χ0v) is 12.8. The van der Waals surface area contributed by atoms with Gasteiger partial charge in [-0.2, -0.15) is 5.26 Å². The minimum Gasteiger partial charge on any atom is -0.495 e. The van der Waals surface area contributed by atoms with Gasteiger partial charge in [0.15, 0.2) is 0 Å². The number of hydrogen-bond donors (Lipinski definition) is 0. The standard InChI is InChI=1S/C18H20N2O/c1-14-6-4-5-7-16(14)13-20(2)12-15-8-9-18(21-3)17(10-15)11-19/h4-10H,12-13H2,1-3H3. The lowest BCUT2D eigenvalue weighted by Gasteiger charge is -2.18. The molecular weight excluding hydrogens is 260 g/mol. The summed E-state index contributed by atoms with van der Waals surface area (Å²) < 4.78 is 5.17. The van der Waals surface area contributed by atoms with Crippen LogP contribution in [0.4, 0.5) is 0 Å². The zero-order valence-electron chi connectivity index (χ0n) is 12.8. The maximum Gasteiger partial charge on any atom is 0.136 e. The molecule has 0 bridgehead atoms. The Kier molecular flexibility index (Phi) is 4.97. The average Bonchev–Trinajstić information content (AvgIpc) is 2.49. The Labute approximate surface area is 126 Å². The van der Waals surface area contributed by atoms with Crippen LogP contribution in [0.3, 0.4) is 0 Å². The van der Waals surface area contributed by atoms with Crippen LogP contribution in [0.25, 0.3) is 0 Å². The van der Waals surface area contributed by atoms with Crippen LogP contribution in [0.15, 0.2) is 42.5 Å². The minimum absolute atomic E-state index is 0.583. The molecule has 0 aliphatic rings. The maximum atomic E-state index is 9.14. The summed E-state index contributed by atoms with van der Waals surface area (Å²) in [5.74, 6) is 0.628. The summed E-state index contributed by atoms with van der Waals surface area (Å²) >= 11 is 0. The normalized spacial score (nSPS) is 10.4. The predicted molar refractivity (Wildman–Crippen MR) is 84.1 cm³/mol. The lowest BCUT2D eigenvalue weighted by molar-refractivity contribution is 0.318. The molecule has 0 radical (unpaired) electrons. The molecule has 0 aliphatic carbocycles. The van der Waals surface area contributed by atoms with E-state index in [2.05, 4.69) is 49.2 Å². The third kappa shape index (κ3) is 3.84. The molecule has 0 atom stereocenters. The van der Waals surface area contributed by atoms with Crippen molar-refractivity contribution in [1.29, 1.82) is 5.26 Å². The van der Waals surface area contributed by atoms with E-state index in [0.29, 0.717) is 11.3 Å². The van der Waals surface area contributed by atoms with Gasteiger partial charge in [0.1, 0.15) is 11.8 Å². The van der Waals surface area contributed by atoms with E-state index in [4.69, 9.17) is 10.00 Å². The molecule has 3 heteroatoms. The van der Waals surface area contributed by atoms with Gasteiger partial charge in [-0.3, -0.25) is 4.90 Å². The first kappa shape index (κ1) is 15.1. The van der Waals surface area contributed by atoms with E-state index in [0.717, 1.165) is 18.7 Å². The van der Waals surface area contributed by atoms with Crippen LogP contribution < -0.4 is 4.74 Å². The van der Waals surface area contributed by atoms with Gasteiger partial charge in [-0.1, -0.05) is 30.3 Å². The van der Waals surface area contributed by atoms with Crippen LogP contribution in [0.2, 0.25) is 0 Å². The van der Waals surface area contributed by atoms with Gasteiger partial charge < -0.3 is 4.74 Å². The maximum absolute atomic E-state index is 9.14. The molecule has 2 aromatic carbocycles. The number of nitriles is 1. The SMILES string of the molecule is COc1ccc(CN(C)Cc2ccccc2C)cc1C#N. The average molecular weight is 280 g/mol. The number of methoxy groups -OCH3 is 1. The summed E-state index contributed by atoms with van der Waals surface area (Å²) in [6.45, 7) is 3.82. The summed E-state index contributed by atoms with van der Waals surface area (Å²) in [6.07, 6.45) is 0. The second-order valence-electron chi connectivity index (χ2n) is 5.25. The molecule has 0 fully saturated rings. The van der Waals surface area contributed by atoms with Crippen molar-refractivity contribution >= 4 is 0 Å². The van der Waals surface area contributed by atoms with E-state index < -0.39 is 0 Å². The topological polar surface area (TPSA) is 36.3 Å². The molecule has 3 nitrogen and oxygen atoms in total. The molecule has 2 rings (SSSR count). The predicted octanol–water partition coefficient (Wildman–Crippen LogP) is 3.51. The second kappa shape index (κ2) is 6.92. The van der Waals surface area contributed by atoms with Crippen LogP contribution in [-0.2, 0) is 13.1 Å². The van der Waals surface area contributed by atoms with Crippen LogP contribution in [-0.4, -0.2) is 19.1 Å². The van der Waals surface area contributed by atoms with Gasteiger partial charge in [-0.15, -0.1) is 0 Å². The number of benzene rings is 2. The fraction of sp³-hybridized carbons (Fsp3) is 0.278. The first-order chi connectivity index (χ1) is 10.1. The fourth-order valence-electron chi connectivity index (χ4n) is 2.39. The van der Waals surface area contributed by atoms with Gasteiger partial charge in [-0.25, -0.2) is 0 Å². The van der Waals surface area contributed by atoms with Gasteiger partial charge in [0.25, 0.3) is 0 Å². The molecule has 0 saturated heterocycles. The van der Waals surface area contributed by atoms with Crippen molar-refractivity contribution in [2.45, 2.75) is 20.0 Å². The molecule has 108 valence electrons. The summed E-state index contributed by atoms with van der Waals surface area (Å²) in [6, 6.07) is 16.3. The highest BCUT2D eigenvalue weighted by atomic mass is 16.5. The number of aryl methyl sites for hydroxylation is 1. The Hall–Kier alpha value is -2.31.